The Labute approximate surface area is 143 Å². The third-order valence-electron chi connectivity index (χ3n) is 5.19. The van der Waals surface area contributed by atoms with Crippen molar-refractivity contribution in [2.45, 2.75) is 51.0 Å². The van der Waals surface area contributed by atoms with E-state index in [2.05, 4.69) is 0 Å². The predicted molar refractivity (Wildman–Crippen MR) is 92.5 cm³/mol. The van der Waals surface area contributed by atoms with Gasteiger partial charge in [-0.05, 0) is 37.7 Å². The van der Waals surface area contributed by atoms with Crippen molar-refractivity contribution in [3.05, 3.63) is 42.3 Å². The number of carbonyl (C=O) groups is 2. The van der Waals surface area contributed by atoms with Crippen LogP contribution in [0.3, 0.4) is 0 Å². The van der Waals surface area contributed by atoms with Crippen molar-refractivity contribution in [2.75, 3.05) is 0 Å². The summed E-state index contributed by atoms with van der Waals surface area (Å²) in [6.07, 6.45) is 5.57. The van der Waals surface area contributed by atoms with Crippen molar-refractivity contribution in [2.24, 2.45) is 22.8 Å². The summed E-state index contributed by atoms with van der Waals surface area (Å²) in [4.78, 5) is 24.1. The molecule has 1 aromatic carbocycles. The maximum Gasteiger partial charge on any atom is 0.224 e. The normalized spacial score (nSPS) is 19.4. The average molecular weight is 331 g/mol. The van der Waals surface area contributed by atoms with E-state index in [0.29, 0.717) is 19.3 Å². The van der Waals surface area contributed by atoms with E-state index in [1.54, 1.807) is 6.42 Å². The fraction of sp³-hybridized carbons (Fsp3) is 0.526. The molecule has 1 fully saturated rings. The van der Waals surface area contributed by atoms with Crippen LogP contribution in [0.25, 0.3) is 0 Å². The summed E-state index contributed by atoms with van der Waals surface area (Å²) in [6.45, 7) is 0. The number of benzene rings is 1. The van der Waals surface area contributed by atoms with E-state index >= 15 is 0 Å². The zero-order chi connectivity index (χ0) is 17.6. The highest BCUT2D eigenvalue weighted by Crippen LogP contribution is 2.44. The Morgan fingerprint density at radius 3 is 2.29 bits per heavy atom. The minimum Gasteiger partial charge on any atom is -0.393 e. The van der Waals surface area contributed by atoms with Crippen LogP contribution in [0.2, 0.25) is 0 Å². The molecule has 1 saturated carbocycles. The van der Waals surface area contributed by atoms with E-state index in [-0.39, 0.29) is 6.42 Å². The van der Waals surface area contributed by atoms with Gasteiger partial charge in [0, 0.05) is 0 Å². The molecule has 0 heterocycles. The van der Waals surface area contributed by atoms with E-state index in [4.69, 9.17) is 11.5 Å². The highest BCUT2D eigenvalue weighted by Gasteiger charge is 2.48. The first kappa shape index (κ1) is 18.5. The lowest BCUT2D eigenvalue weighted by atomic mass is 9.63. The van der Waals surface area contributed by atoms with Gasteiger partial charge in [-0.3, -0.25) is 9.59 Å². The lowest BCUT2D eigenvalue weighted by molar-refractivity contribution is -0.142. The van der Waals surface area contributed by atoms with Gasteiger partial charge in [0.05, 0.1) is 17.4 Å². The van der Waals surface area contributed by atoms with Crippen molar-refractivity contribution < 1.29 is 14.7 Å². The summed E-state index contributed by atoms with van der Waals surface area (Å²) < 4.78 is 0. The molecule has 1 aliphatic carbocycles. The van der Waals surface area contributed by atoms with Crippen molar-refractivity contribution in [1.29, 1.82) is 0 Å². The fourth-order valence-electron chi connectivity index (χ4n) is 3.79. The molecular formula is C19H27N2O3. The highest BCUT2D eigenvalue weighted by atomic mass is 16.3. The Hall–Kier alpha value is -1.88. The second-order valence-corrected chi connectivity index (χ2v) is 6.76. The van der Waals surface area contributed by atoms with E-state index in [9.17, 15) is 14.7 Å². The standard InChI is InChI=1S/C19H27N2O3/c20-17(23)16(19(18(21)24)11-5-2-6-12-19)13-15(22)10-9-14-7-3-1-4-8-14/h1,3-4,7-8,10,15-16,22H,2,5-6,9,11-13H2,(H2,20,23)(H2,21,24)/t15-,16+/m0/s1. The average Bonchev–Trinajstić information content (AvgIpc) is 2.59. The molecule has 2 amide bonds. The molecule has 1 radical (unpaired) electrons. The lowest BCUT2D eigenvalue weighted by Crippen LogP contribution is -2.50. The van der Waals surface area contributed by atoms with Gasteiger partial charge < -0.3 is 16.6 Å². The van der Waals surface area contributed by atoms with Gasteiger partial charge in [0.15, 0.2) is 0 Å². The molecule has 131 valence electrons. The summed E-state index contributed by atoms with van der Waals surface area (Å²) in [5.41, 5.74) is 11.4. The summed E-state index contributed by atoms with van der Waals surface area (Å²) >= 11 is 0. The predicted octanol–water partition coefficient (Wildman–Crippen LogP) is 1.72. The minimum atomic E-state index is -0.911. The number of aliphatic hydroxyl groups excluding tert-OH is 1. The van der Waals surface area contributed by atoms with E-state index < -0.39 is 29.3 Å². The highest BCUT2D eigenvalue weighted by molar-refractivity contribution is 5.89. The first-order valence-corrected chi connectivity index (χ1v) is 8.60. The van der Waals surface area contributed by atoms with E-state index in [0.717, 1.165) is 24.8 Å². The Morgan fingerprint density at radius 2 is 1.75 bits per heavy atom. The number of amides is 2. The third kappa shape index (κ3) is 4.35. The van der Waals surface area contributed by atoms with Crippen LogP contribution in [-0.2, 0) is 16.0 Å². The molecule has 1 aliphatic rings. The fourth-order valence-corrected chi connectivity index (χ4v) is 3.79. The summed E-state index contributed by atoms with van der Waals surface area (Å²) in [5, 5.41) is 10.3. The number of carbonyl (C=O) groups excluding carboxylic acids is 2. The van der Waals surface area contributed by atoms with E-state index in [1.807, 2.05) is 30.3 Å². The Morgan fingerprint density at radius 1 is 1.12 bits per heavy atom. The van der Waals surface area contributed by atoms with E-state index in [1.165, 1.54) is 0 Å². The van der Waals surface area contributed by atoms with Gasteiger partial charge in [0.25, 0.3) is 0 Å². The molecule has 2 rings (SSSR count). The monoisotopic (exact) mass is 331 g/mol. The number of hydrogen-bond acceptors (Lipinski definition) is 3. The smallest absolute Gasteiger partial charge is 0.224 e. The number of hydrogen-bond donors (Lipinski definition) is 3. The van der Waals surface area contributed by atoms with Gasteiger partial charge in [-0.2, -0.15) is 0 Å². The number of primary amides is 2. The lowest BCUT2D eigenvalue weighted by Gasteiger charge is -2.40. The Bertz CT molecular complexity index is 553. The maximum atomic E-state index is 12.1. The van der Waals surface area contributed by atoms with Gasteiger partial charge in [0.2, 0.25) is 11.8 Å². The third-order valence-corrected chi connectivity index (χ3v) is 5.19. The molecule has 1 aromatic rings. The van der Waals surface area contributed by atoms with Crippen molar-refractivity contribution in [1.82, 2.24) is 0 Å². The van der Waals surface area contributed by atoms with Crippen LogP contribution in [-0.4, -0.2) is 23.0 Å². The number of nitrogens with two attached hydrogens (primary N) is 2. The van der Waals surface area contributed by atoms with Gasteiger partial charge in [-0.15, -0.1) is 0 Å². The Kier molecular flexibility index (Phi) is 6.37. The van der Waals surface area contributed by atoms with Gasteiger partial charge in [-0.25, -0.2) is 0 Å². The number of aliphatic hydroxyl groups is 1. The van der Waals surface area contributed by atoms with Crippen LogP contribution in [0, 0.1) is 17.8 Å². The second-order valence-electron chi connectivity index (χ2n) is 6.76. The molecule has 5 heteroatoms. The molecule has 0 aliphatic heterocycles. The summed E-state index contributed by atoms with van der Waals surface area (Å²) in [7, 11) is 0. The van der Waals surface area contributed by atoms with Gasteiger partial charge in [0.1, 0.15) is 0 Å². The molecule has 5 nitrogen and oxygen atoms in total. The van der Waals surface area contributed by atoms with Crippen molar-refractivity contribution in [3.8, 4) is 0 Å². The molecule has 24 heavy (non-hydrogen) atoms. The largest absolute Gasteiger partial charge is 0.393 e. The molecule has 0 spiro atoms. The first-order chi connectivity index (χ1) is 11.5. The van der Waals surface area contributed by atoms with Crippen LogP contribution in [0.1, 0.15) is 44.1 Å². The van der Waals surface area contributed by atoms with Crippen molar-refractivity contribution >= 4 is 11.8 Å². The molecule has 0 unspecified atom stereocenters. The van der Waals surface area contributed by atoms with Crippen molar-refractivity contribution in [3.63, 3.8) is 0 Å². The molecule has 0 bridgehead atoms. The zero-order valence-electron chi connectivity index (χ0n) is 14.0. The van der Waals surface area contributed by atoms with Gasteiger partial charge in [-0.1, -0.05) is 49.6 Å². The molecular weight excluding hydrogens is 304 g/mol. The summed E-state index contributed by atoms with van der Waals surface area (Å²) in [5.74, 6) is -1.75. The van der Waals surface area contributed by atoms with Crippen LogP contribution in [0.15, 0.2) is 30.3 Å². The molecule has 0 saturated heterocycles. The Balaban J connectivity index is 2.04. The van der Waals surface area contributed by atoms with Gasteiger partial charge >= 0.3 is 0 Å². The molecule has 2 atom stereocenters. The quantitative estimate of drug-likeness (QED) is 0.675. The first-order valence-electron chi connectivity index (χ1n) is 8.60. The molecule has 5 N–H and O–H groups in total. The van der Waals surface area contributed by atoms with Crippen LogP contribution in [0.5, 0.6) is 0 Å². The maximum absolute atomic E-state index is 12.1. The number of rotatable bonds is 8. The molecule has 0 aromatic heterocycles. The second kappa shape index (κ2) is 8.29. The minimum absolute atomic E-state index is 0.144. The van der Waals surface area contributed by atoms with Crippen LogP contribution < -0.4 is 11.5 Å². The van der Waals surface area contributed by atoms with Crippen LogP contribution >= 0.6 is 0 Å². The topological polar surface area (TPSA) is 106 Å². The SMILES string of the molecule is NC(=O)[C@@H](C[C@@H](O)[CH]Cc1ccccc1)C1(C(N)=O)CCCCC1. The zero-order valence-corrected chi connectivity index (χ0v) is 14.0. The van der Waals surface area contributed by atoms with Crippen LogP contribution in [0.4, 0.5) is 0 Å². The summed E-state index contributed by atoms with van der Waals surface area (Å²) in [6, 6.07) is 9.75.